The second-order valence-corrected chi connectivity index (χ2v) is 7.16. The molecule has 1 atom stereocenters. The average molecular weight is 313 g/mol. The molecule has 120 valence electrons. The zero-order valence-electron chi connectivity index (χ0n) is 13.7. The van der Waals surface area contributed by atoms with Gasteiger partial charge in [0.1, 0.15) is 5.82 Å². The van der Waals surface area contributed by atoms with Crippen molar-refractivity contribution in [2.75, 3.05) is 5.75 Å². The van der Waals surface area contributed by atoms with E-state index < -0.39 is 5.97 Å². The Morgan fingerprint density at radius 3 is 2.38 bits per heavy atom. The molecule has 1 N–H and O–H groups in total. The molecule has 0 saturated carbocycles. The fraction of sp³-hybridized carbons (Fsp3) is 0.800. The van der Waals surface area contributed by atoms with Gasteiger partial charge in [-0.15, -0.1) is 10.2 Å². The first-order valence-electron chi connectivity index (χ1n) is 7.62. The van der Waals surface area contributed by atoms with Crippen LogP contribution in [-0.4, -0.2) is 31.6 Å². The Labute approximate surface area is 131 Å². The minimum atomic E-state index is -0.826. The van der Waals surface area contributed by atoms with E-state index >= 15 is 0 Å². The lowest BCUT2D eigenvalue weighted by molar-refractivity contribution is -0.133. The van der Waals surface area contributed by atoms with Crippen LogP contribution in [0.5, 0.6) is 0 Å². The smallest absolute Gasteiger partial charge is 0.313 e. The van der Waals surface area contributed by atoms with Crippen LogP contribution in [0.25, 0.3) is 0 Å². The van der Waals surface area contributed by atoms with Gasteiger partial charge in [-0.1, -0.05) is 52.3 Å². The summed E-state index contributed by atoms with van der Waals surface area (Å²) in [4.78, 5) is 10.8. The molecular weight excluding hydrogens is 286 g/mol. The third kappa shape index (κ3) is 5.69. The maximum Gasteiger partial charge on any atom is 0.313 e. The zero-order valence-corrected chi connectivity index (χ0v) is 14.5. The molecule has 6 heteroatoms. The number of aliphatic carboxylic acids is 1. The van der Waals surface area contributed by atoms with Crippen molar-refractivity contribution in [3.05, 3.63) is 5.82 Å². The molecule has 1 aromatic rings. The summed E-state index contributed by atoms with van der Waals surface area (Å²) in [5, 5.41) is 18.0. The lowest BCUT2D eigenvalue weighted by Gasteiger charge is -2.19. The third-order valence-electron chi connectivity index (χ3n) is 3.38. The second-order valence-electron chi connectivity index (χ2n) is 6.22. The Morgan fingerprint density at radius 2 is 1.86 bits per heavy atom. The van der Waals surface area contributed by atoms with Crippen LogP contribution < -0.4 is 0 Å². The van der Waals surface area contributed by atoms with Gasteiger partial charge in [-0.3, -0.25) is 4.79 Å². The van der Waals surface area contributed by atoms with Crippen molar-refractivity contribution in [3.63, 3.8) is 0 Å². The number of nitrogens with zero attached hydrogens (tertiary/aromatic N) is 3. The molecular formula is C15H27N3O2S. The Bertz CT molecular complexity index is 458. The first-order valence-corrected chi connectivity index (χ1v) is 8.60. The molecule has 0 saturated heterocycles. The minimum Gasteiger partial charge on any atom is -0.481 e. The summed E-state index contributed by atoms with van der Waals surface area (Å²) < 4.78 is 2.12. The number of thioether (sulfide) groups is 1. The highest BCUT2D eigenvalue weighted by Gasteiger charge is 2.20. The van der Waals surface area contributed by atoms with E-state index in [9.17, 15) is 4.79 Å². The molecule has 21 heavy (non-hydrogen) atoms. The number of carbonyl (C=O) groups is 1. The number of carboxylic acids is 1. The monoisotopic (exact) mass is 313 g/mol. The van der Waals surface area contributed by atoms with Gasteiger partial charge < -0.3 is 9.67 Å². The minimum absolute atomic E-state index is 0.0228. The zero-order chi connectivity index (χ0) is 16.0. The highest BCUT2D eigenvalue weighted by atomic mass is 32.2. The van der Waals surface area contributed by atoms with Gasteiger partial charge in [-0.2, -0.15) is 0 Å². The van der Waals surface area contributed by atoms with Gasteiger partial charge in [0.25, 0.3) is 0 Å². The third-order valence-corrected chi connectivity index (χ3v) is 4.30. The van der Waals surface area contributed by atoms with Crippen molar-refractivity contribution in [1.29, 1.82) is 0 Å². The molecule has 1 heterocycles. The highest BCUT2D eigenvalue weighted by molar-refractivity contribution is 7.99. The summed E-state index contributed by atoms with van der Waals surface area (Å²) in [6.07, 6.45) is 3.44. The van der Waals surface area contributed by atoms with E-state index in [4.69, 9.17) is 5.11 Å². The molecule has 0 aliphatic carbocycles. The van der Waals surface area contributed by atoms with E-state index in [0.717, 1.165) is 23.8 Å². The van der Waals surface area contributed by atoms with Crippen LogP contribution in [0.1, 0.15) is 71.7 Å². The highest BCUT2D eigenvalue weighted by Crippen LogP contribution is 2.28. The van der Waals surface area contributed by atoms with Crippen molar-refractivity contribution in [2.45, 2.75) is 71.0 Å². The van der Waals surface area contributed by atoms with Crippen LogP contribution in [0.3, 0.4) is 0 Å². The van der Waals surface area contributed by atoms with E-state index in [1.54, 1.807) is 0 Å². The van der Waals surface area contributed by atoms with Gasteiger partial charge in [0.2, 0.25) is 0 Å². The van der Waals surface area contributed by atoms with Crippen molar-refractivity contribution >= 4 is 17.7 Å². The lowest BCUT2D eigenvalue weighted by atomic mass is 10.0. The van der Waals surface area contributed by atoms with Crippen molar-refractivity contribution in [1.82, 2.24) is 14.8 Å². The van der Waals surface area contributed by atoms with Gasteiger partial charge >= 0.3 is 5.97 Å². The standard InChI is InChI=1S/C15H27N3O2S/c1-10(2)7-6-8-12(5)18-14(11(3)4)16-17-15(18)21-9-13(19)20/h10-12H,6-9H2,1-5H3,(H,19,20). The van der Waals surface area contributed by atoms with Crippen LogP contribution in [-0.2, 0) is 4.79 Å². The van der Waals surface area contributed by atoms with Crippen LogP contribution in [0.15, 0.2) is 5.16 Å². The van der Waals surface area contributed by atoms with Gasteiger partial charge in [0.15, 0.2) is 5.16 Å². The second kappa shape index (κ2) is 8.41. The van der Waals surface area contributed by atoms with Gasteiger partial charge in [-0.25, -0.2) is 0 Å². The molecule has 0 bridgehead atoms. The van der Waals surface area contributed by atoms with E-state index in [-0.39, 0.29) is 11.7 Å². The molecule has 0 aromatic carbocycles. The van der Waals surface area contributed by atoms with E-state index in [1.807, 2.05) is 0 Å². The predicted octanol–water partition coefficient (Wildman–Crippen LogP) is 3.97. The molecule has 0 fully saturated rings. The van der Waals surface area contributed by atoms with Gasteiger partial charge in [-0.05, 0) is 19.3 Å². The molecule has 0 aliphatic heterocycles. The summed E-state index contributed by atoms with van der Waals surface area (Å²) in [5.41, 5.74) is 0. The largest absolute Gasteiger partial charge is 0.481 e. The Balaban J connectivity index is 2.83. The Hall–Kier alpha value is -1.04. The molecule has 1 rings (SSSR count). The molecule has 0 aliphatic rings. The van der Waals surface area contributed by atoms with E-state index in [2.05, 4.69) is 49.4 Å². The molecule has 0 radical (unpaired) electrons. The normalized spacial score (nSPS) is 13.1. The fourth-order valence-electron chi connectivity index (χ4n) is 2.27. The molecule has 1 aromatic heterocycles. The summed E-state index contributed by atoms with van der Waals surface area (Å²) in [6, 6.07) is 0.299. The summed E-state index contributed by atoms with van der Waals surface area (Å²) in [5.74, 6) is 1.13. The topological polar surface area (TPSA) is 68.0 Å². The number of hydrogen-bond acceptors (Lipinski definition) is 4. The summed E-state index contributed by atoms with van der Waals surface area (Å²) >= 11 is 1.25. The molecule has 0 spiro atoms. The van der Waals surface area contributed by atoms with E-state index in [1.165, 1.54) is 18.2 Å². The van der Waals surface area contributed by atoms with Gasteiger partial charge in [0, 0.05) is 12.0 Å². The SMILES string of the molecule is CC(C)CCCC(C)n1c(SCC(=O)O)nnc1C(C)C. The van der Waals surface area contributed by atoms with Crippen LogP contribution in [0.4, 0.5) is 0 Å². The molecule has 1 unspecified atom stereocenters. The fourth-order valence-corrected chi connectivity index (χ4v) is 3.04. The predicted molar refractivity (Wildman–Crippen MR) is 85.9 cm³/mol. The molecule has 0 amide bonds. The maximum atomic E-state index is 10.8. The van der Waals surface area contributed by atoms with Gasteiger partial charge in [0.05, 0.1) is 5.75 Å². The number of hydrogen-bond donors (Lipinski definition) is 1. The number of rotatable bonds is 9. The molecule has 5 nitrogen and oxygen atoms in total. The number of carboxylic acid groups (broad SMARTS) is 1. The van der Waals surface area contributed by atoms with E-state index in [0.29, 0.717) is 12.0 Å². The van der Waals surface area contributed by atoms with Crippen molar-refractivity contribution in [2.24, 2.45) is 5.92 Å². The lowest BCUT2D eigenvalue weighted by Crippen LogP contribution is -2.13. The Morgan fingerprint density at radius 1 is 1.19 bits per heavy atom. The first-order chi connectivity index (χ1) is 9.82. The van der Waals surface area contributed by atoms with Crippen LogP contribution in [0, 0.1) is 5.92 Å². The first kappa shape index (κ1) is 18.0. The summed E-state index contributed by atoms with van der Waals surface area (Å²) in [6.45, 7) is 10.8. The Kier molecular flexibility index (Phi) is 7.22. The van der Waals surface area contributed by atoms with Crippen LogP contribution in [0.2, 0.25) is 0 Å². The van der Waals surface area contributed by atoms with Crippen molar-refractivity contribution < 1.29 is 9.90 Å². The van der Waals surface area contributed by atoms with Crippen molar-refractivity contribution in [3.8, 4) is 0 Å². The van der Waals surface area contributed by atoms with Crippen LogP contribution >= 0.6 is 11.8 Å². The summed E-state index contributed by atoms with van der Waals surface area (Å²) in [7, 11) is 0. The quantitative estimate of drug-likeness (QED) is 0.699. The number of aromatic nitrogens is 3. The average Bonchev–Trinajstić information content (AvgIpc) is 2.79. The maximum absolute atomic E-state index is 10.8.